The van der Waals surface area contributed by atoms with E-state index in [1.807, 2.05) is 0 Å². The van der Waals surface area contributed by atoms with Crippen molar-refractivity contribution in [3.05, 3.63) is 0 Å². The van der Waals surface area contributed by atoms with Crippen LogP contribution in [0.1, 0.15) is 90.0 Å². The lowest BCUT2D eigenvalue weighted by atomic mass is 9.40. The van der Waals surface area contributed by atoms with Crippen molar-refractivity contribution in [3.63, 3.8) is 0 Å². The zero-order valence-corrected chi connectivity index (χ0v) is 16.6. The standard InChI is InChI=1S/C19H41N/c1-14(2,3)15(4,5)16(6,7)17(8,9)18(10,11)19(12,13)20/h20H2,1-13H3. The van der Waals surface area contributed by atoms with E-state index in [-0.39, 0.29) is 32.6 Å². The third kappa shape index (κ3) is 2.56. The van der Waals surface area contributed by atoms with Crippen LogP contribution in [0, 0.1) is 27.1 Å². The van der Waals surface area contributed by atoms with Gasteiger partial charge in [-0.15, -0.1) is 0 Å². The highest BCUT2D eigenvalue weighted by Gasteiger charge is 2.60. The van der Waals surface area contributed by atoms with E-state index in [2.05, 4.69) is 90.0 Å². The minimum absolute atomic E-state index is 0.0199. The maximum Gasteiger partial charge on any atom is 0.0154 e. The summed E-state index contributed by atoms with van der Waals surface area (Å²) in [7, 11) is 0. The molecule has 0 amide bonds. The third-order valence-corrected chi connectivity index (χ3v) is 8.17. The summed E-state index contributed by atoms with van der Waals surface area (Å²) in [6.07, 6.45) is 0. The number of rotatable bonds is 4. The fourth-order valence-corrected chi connectivity index (χ4v) is 3.31. The summed E-state index contributed by atoms with van der Waals surface area (Å²) in [6.45, 7) is 30.5. The molecule has 1 nitrogen and oxygen atoms in total. The first-order valence-electron chi connectivity index (χ1n) is 8.04. The predicted molar refractivity (Wildman–Crippen MR) is 92.8 cm³/mol. The molecule has 0 spiro atoms. The van der Waals surface area contributed by atoms with E-state index >= 15 is 0 Å². The monoisotopic (exact) mass is 283 g/mol. The minimum Gasteiger partial charge on any atom is -0.325 e. The number of nitrogens with two attached hydrogens (primary N) is 1. The second-order valence-electron chi connectivity index (χ2n) is 10.5. The molecule has 0 unspecified atom stereocenters. The molecule has 0 heterocycles. The van der Waals surface area contributed by atoms with Gasteiger partial charge in [0.2, 0.25) is 0 Å². The van der Waals surface area contributed by atoms with E-state index in [4.69, 9.17) is 5.73 Å². The average Bonchev–Trinajstić information content (AvgIpc) is 2.12. The molecule has 0 atom stereocenters. The first-order chi connectivity index (χ1) is 8.25. The van der Waals surface area contributed by atoms with Crippen LogP contribution in [0.5, 0.6) is 0 Å². The van der Waals surface area contributed by atoms with Crippen molar-refractivity contribution in [2.45, 2.75) is 95.5 Å². The first-order valence-corrected chi connectivity index (χ1v) is 8.04. The Labute approximate surface area is 129 Å². The highest BCUT2D eigenvalue weighted by molar-refractivity contribution is 5.10. The molecule has 0 aliphatic carbocycles. The van der Waals surface area contributed by atoms with E-state index < -0.39 is 0 Å². The lowest BCUT2D eigenvalue weighted by molar-refractivity contribution is -0.153. The quantitative estimate of drug-likeness (QED) is 0.685. The summed E-state index contributed by atoms with van der Waals surface area (Å²) in [6, 6.07) is 0. The SMILES string of the molecule is CC(C)(C)C(C)(C)C(C)(C)C(C)(C)C(C)(C)C(C)(C)N. The summed E-state index contributed by atoms with van der Waals surface area (Å²) >= 11 is 0. The molecular formula is C19H41N. The molecule has 122 valence electrons. The number of hydrogen-bond donors (Lipinski definition) is 1. The summed E-state index contributed by atoms with van der Waals surface area (Å²) in [4.78, 5) is 0. The molecular weight excluding hydrogens is 242 g/mol. The van der Waals surface area contributed by atoms with Crippen molar-refractivity contribution >= 4 is 0 Å². The Balaban J connectivity index is 6.08. The van der Waals surface area contributed by atoms with Crippen molar-refractivity contribution in [2.75, 3.05) is 0 Å². The lowest BCUT2D eigenvalue weighted by Gasteiger charge is -2.65. The van der Waals surface area contributed by atoms with Gasteiger partial charge in [0, 0.05) is 5.54 Å². The van der Waals surface area contributed by atoms with Crippen LogP contribution in [-0.2, 0) is 0 Å². The van der Waals surface area contributed by atoms with Crippen LogP contribution in [-0.4, -0.2) is 5.54 Å². The van der Waals surface area contributed by atoms with E-state index in [1.54, 1.807) is 0 Å². The van der Waals surface area contributed by atoms with Gasteiger partial charge in [-0.1, -0.05) is 76.2 Å². The Morgan fingerprint density at radius 3 is 0.850 bits per heavy atom. The molecule has 0 aromatic heterocycles. The molecule has 0 aliphatic heterocycles. The molecule has 0 saturated carbocycles. The fourth-order valence-electron chi connectivity index (χ4n) is 3.31. The largest absolute Gasteiger partial charge is 0.325 e. The van der Waals surface area contributed by atoms with Gasteiger partial charge in [-0.3, -0.25) is 0 Å². The van der Waals surface area contributed by atoms with Crippen molar-refractivity contribution in [1.29, 1.82) is 0 Å². The Kier molecular flexibility index (Phi) is 4.72. The minimum atomic E-state index is -0.221. The van der Waals surface area contributed by atoms with Crippen molar-refractivity contribution in [1.82, 2.24) is 0 Å². The smallest absolute Gasteiger partial charge is 0.0154 e. The Hall–Kier alpha value is -0.0400. The van der Waals surface area contributed by atoms with E-state index in [0.717, 1.165) is 0 Å². The highest BCUT2D eigenvalue weighted by atomic mass is 14.8. The molecule has 0 bridgehead atoms. The van der Waals surface area contributed by atoms with Crippen molar-refractivity contribution < 1.29 is 0 Å². The summed E-state index contributed by atoms with van der Waals surface area (Å²) in [5, 5.41) is 0. The van der Waals surface area contributed by atoms with Crippen LogP contribution in [0.15, 0.2) is 0 Å². The van der Waals surface area contributed by atoms with Crippen LogP contribution >= 0.6 is 0 Å². The van der Waals surface area contributed by atoms with Crippen molar-refractivity contribution in [3.8, 4) is 0 Å². The molecule has 0 rings (SSSR count). The molecule has 0 aromatic rings. The Bertz CT molecular complexity index is 307. The molecule has 0 saturated heterocycles. The normalized spacial score (nSPS) is 16.5. The molecule has 1 heteroatoms. The van der Waals surface area contributed by atoms with E-state index in [9.17, 15) is 0 Å². The predicted octanol–water partition coefficient (Wildman–Crippen LogP) is 5.87. The van der Waals surface area contributed by atoms with Crippen LogP contribution in [0.3, 0.4) is 0 Å². The van der Waals surface area contributed by atoms with E-state index in [0.29, 0.717) is 0 Å². The Morgan fingerprint density at radius 2 is 0.650 bits per heavy atom. The summed E-state index contributed by atoms with van der Waals surface area (Å²) in [5.41, 5.74) is 7.00. The maximum atomic E-state index is 6.55. The molecule has 0 fully saturated rings. The highest BCUT2D eigenvalue weighted by Crippen LogP contribution is 2.65. The van der Waals surface area contributed by atoms with Crippen LogP contribution in [0.4, 0.5) is 0 Å². The third-order valence-electron chi connectivity index (χ3n) is 8.17. The molecule has 0 aliphatic rings. The first kappa shape index (κ1) is 20.0. The zero-order valence-electron chi connectivity index (χ0n) is 16.6. The van der Waals surface area contributed by atoms with E-state index in [1.165, 1.54) is 0 Å². The second kappa shape index (κ2) is 4.73. The second-order valence-corrected chi connectivity index (χ2v) is 10.5. The number of hydrogen-bond acceptors (Lipinski definition) is 1. The van der Waals surface area contributed by atoms with Gasteiger partial charge in [0.1, 0.15) is 0 Å². The van der Waals surface area contributed by atoms with Crippen LogP contribution in [0.25, 0.3) is 0 Å². The fraction of sp³-hybridized carbons (Fsp3) is 1.00. The topological polar surface area (TPSA) is 26.0 Å². The van der Waals surface area contributed by atoms with Gasteiger partial charge >= 0.3 is 0 Å². The van der Waals surface area contributed by atoms with Gasteiger partial charge in [-0.2, -0.15) is 0 Å². The zero-order chi connectivity index (χ0) is 17.0. The van der Waals surface area contributed by atoms with Crippen molar-refractivity contribution in [2.24, 2.45) is 32.8 Å². The van der Waals surface area contributed by atoms with Crippen LogP contribution < -0.4 is 5.73 Å². The Morgan fingerprint density at radius 1 is 0.400 bits per heavy atom. The average molecular weight is 284 g/mol. The van der Waals surface area contributed by atoms with Gasteiger partial charge in [0.05, 0.1) is 0 Å². The molecule has 0 radical (unpaired) electrons. The van der Waals surface area contributed by atoms with Gasteiger partial charge in [-0.25, -0.2) is 0 Å². The van der Waals surface area contributed by atoms with Crippen LogP contribution in [0.2, 0.25) is 0 Å². The molecule has 20 heavy (non-hydrogen) atoms. The molecule has 2 N–H and O–H groups in total. The lowest BCUT2D eigenvalue weighted by Crippen LogP contribution is -2.63. The molecule has 0 aromatic carbocycles. The maximum absolute atomic E-state index is 6.55. The summed E-state index contributed by atoms with van der Waals surface area (Å²) in [5.74, 6) is 0. The van der Waals surface area contributed by atoms with Gasteiger partial charge in [-0.05, 0) is 40.9 Å². The van der Waals surface area contributed by atoms with Gasteiger partial charge in [0.25, 0.3) is 0 Å². The summed E-state index contributed by atoms with van der Waals surface area (Å²) < 4.78 is 0. The van der Waals surface area contributed by atoms with Gasteiger partial charge < -0.3 is 5.73 Å². The van der Waals surface area contributed by atoms with Gasteiger partial charge in [0.15, 0.2) is 0 Å².